The van der Waals surface area contributed by atoms with E-state index in [0.29, 0.717) is 17.6 Å². The first kappa shape index (κ1) is 12.1. The van der Waals surface area contributed by atoms with Crippen LogP contribution in [-0.2, 0) is 19.1 Å². The maximum atomic E-state index is 12.1. The Morgan fingerprint density at radius 3 is 2.89 bits per heavy atom. The molecule has 4 fully saturated rings. The maximum Gasteiger partial charge on any atom is 0.333 e. The average Bonchev–Trinajstić information content (AvgIpc) is 2.37. The lowest BCUT2D eigenvalue weighted by Gasteiger charge is -2.52. The van der Waals surface area contributed by atoms with Crippen LogP contribution in [0.1, 0.15) is 25.7 Å². The van der Waals surface area contributed by atoms with Crippen LogP contribution in [0.3, 0.4) is 0 Å². The van der Waals surface area contributed by atoms with Crippen LogP contribution in [-0.4, -0.2) is 36.4 Å². The third kappa shape index (κ3) is 1.95. The summed E-state index contributed by atoms with van der Waals surface area (Å²) >= 11 is 0. The molecule has 5 atom stereocenters. The molecular weight excluding hydrogens is 236 g/mol. The molecule has 0 heterocycles. The van der Waals surface area contributed by atoms with E-state index in [1.54, 1.807) is 0 Å². The Morgan fingerprint density at radius 2 is 2.11 bits per heavy atom. The molecule has 5 heteroatoms. The van der Waals surface area contributed by atoms with E-state index in [9.17, 15) is 9.59 Å². The van der Waals surface area contributed by atoms with Gasteiger partial charge in [0.05, 0.1) is 6.10 Å². The van der Waals surface area contributed by atoms with E-state index in [4.69, 9.17) is 14.6 Å². The molecule has 5 nitrogen and oxygen atoms in total. The van der Waals surface area contributed by atoms with E-state index in [2.05, 4.69) is 0 Å². The van der Waals surface area contributed by atoms with Crippen LogP contribution >= 0.6 is 0 Å². The fourth-order valence-corrected chi connectivity index (χ4v) is 4.06. The lowest BCUT2D eigenvalue weighted by atomic mass is 9.54. The summed E-state index contributed by atoms with van der Waals surface area (Å²) < 4.78 is 10.3. The van der Waals surface area contributed by atoms with Crippen molar-refractivity contribution < 1.29 is 24.2 Å². The number of aliphatic hydroxyl groups is 1. The predicted octanol–water partition coefficient (Wildman–Crippen LogP) is 0.500. The molecule has 4 aliphatic carbocycles. The van der Waals surface area contributed by atoms with Crippen molar-refractivity contribution in [2.24, 2.45) is 23.7 Å². The monoisotopic (exact) mass is 254 g/mol. The lowest BCUT2D eigenvalue weighted by molar-refractivity contribution is -0.189. The van der Waals surface area contributed by atoms with Crippen LogP contribution in [0.25, 0.3) is 0 Å². The highest BCUT2D eigenvalue weighted by Gasteiger charge is 2.53. The first-order valence-corrected chi connectivity index (χ1v) is 6.61. The van der Waals surface area contributed by atoms with Crippen molar-refractivity contribution in [1.82, 2.24) is 0 Å². The fourth-order valence-electron chi connectivity index (χ4n) is 4.06. The number of hydrogen-bond acceptors (Lipinski definition) is 5. The highest BCUT2D eigenvalue weighted by Crippen LogP contribution is 2.52. The van der Waals surface area contributed by atoms with E-state index in [1.807, 2.05) is 0 Å². The molecule has 18 heavy (non-hydrogen) atoms. The Labute approximate surface area is 105 Å². The van der Waals surface area contributed by atoms with Gasteiger partial charge in [-0.2, -0.15) is 0 Å². The smallest absolute Gasteiger partial charge is 0.333 e. The van der Waals surface area contributed by atoms with E-state index < -0.39 is 12.6 Å². The summed E-state index contributed by atoms with van der Waals surface area (Å²) in [5, 5.41) is 8.53. The van der Waals surface area contributed by atoms with Gasteiger partial charge in [0.2, 0.25) is 0 Å². The quantitative estimate of drug-likeness (QED) is 0.584. The minimum absolute atomic E-state index is 0.00841. The Bertz CT molecular complexity index is 366. The van der Waals surface area contributed by atoms with Crippen LogP contribution in [0.2, 0.25) is 0 Å². The van der Waals surface area contributed by atoms with Gasteiger partial charge in [0, 0.05) is 11.8 Å². The number of aliphatic hydroxyl groups excluding tert-OH is 1. The zero-order chi connectivity index (χ0) is 12.7. The molecule has 0 radical (unpaired) electrons. The van der Waals surface area contributed by atoms with Gasteiger partial charge in [0.25, 0.3) is 0 Å². The second kappa shape index (κ2) is 4.63. The Kier molecular flexibility index (Phi) is 3.11. The SMILES string of the molecule is O=C(CO)OCOC1C2CC3CC(C2)C(=O)C1C3. The minimum atomic E-state index is -0.690. The number of carbonyl (C=O) groups excluding carboxylic acids is 2. The van der Waals surface area contributed by atoms with Gasteiger partial charge in [0.15, 0.2) is 6.79 Å². The zero-order valence-corrected chi connectivity index (χ0v) is 10.2. The van der Waals surface area contributed by atoms with Crippen molar-refractivity contribution >= 4 is 11.8 Å². The number of esters is 1. The van der Waals surface area contributed by atoms with E-state index in [-0.39, 0.29) is 24.7 Å². The summed E-state index contributed by atoms with van der Waals surface area (Å²) in [6, 6.07) is 0. The lowest BCUT2D eigenvalue weighted by Crippen LogP contribution is -2.55. The molecule has 0 aliphatic heterocycles. The number of carbonyl (C=O) groups is 2. The molecule has 5 unspecified atom stereocenters. The largest absolute Gasteiger partial charge is 0.437 e. The molecular formula is C13H18O5. The van der Waals surface area contributed by atoms with Gasteiger partial charge in [-0.1, -0.05) is 0 Å². The van der Waals surface area contributed by atoms with Crippen LogP contribution in [0, 0.1) is 23.7 Å². The molecule has 4 saturated carbocycles. The van der Waals surface area contributed by atoms with Crippen molar-refractivity contribution in [1.29, 1.82) is 0 Å². The summed E-state index contributed by atoms with van der Waals surface area (Å²) in [7, 11) is 0. The molecule has 0 spiro atoms. The van der Waals surface area contributed by atoms with Crippen molar-refractivity contribution in [2.45, 2.75) is 31.8 Å². The van der Waals surface area contributed by atoms with Crippen molar-refractivity contribution in [3.05, 3.63) is 0 Å². The number of hydrogen-bond donors (Lipinski definition) is 1. The van der Waals surface area contributed by atoms with Gasteiger partial charge in [-0.25, -0.2) is 4.79 Å². The van der Waals surface area contributed by atoms with Gasteiger partial charge >= 0.3 is 5.97 Å². The van der Waals surface area contributed by atoms with E-state index in [1.165, 1.54) is 0 Å². The third-order valence-electron chi connectivity index (χ3n) is 4.67. The van der Waals surface area contributed by atoms with Crippen LogP contribution in [0.5, 0.6) is 0 Å². The van der Waals surface area contributed by atoms with Gasteiger partial charge in [0.1, 0.15) is 12.4 Å². The molecule has 0 saturated heterocycles. The van der Waals surface area contributed by atoms with Crippen LogP contribution < -0.4 is 0 Å². The number of ether oxygens (including phenoxy) is 2. The molecule has 0 aromatic heterocycles. The van der Waals surface area contributed by atoms with Gasteiger partial charge in [-0.15, -0.1) is 0 Å². The molecule has 4 aliphatic rings. The first-order chi connectivity index (χ1) is 8.69. The summed E-state index contributed by atoms with van der Waals surface area (Å²) in [6.07, 6.45) is 3.99. The molecule has 1 N–H and O–H groups in total. The van der Waals surface area contributed by atoms with Gasteiger partial charge in [-0.3, -0.25) is 4.79 Å². The summed E-state index contributed by atoms with van der Waals surface area (Å²) in [6.45, 7) is -0.788. The average molecular weight is 254 g/mol. The van der Waals surface area contributed by atoms with Crippen LogP contribution in [0.15, 0.2) is 0 Å². The predicted molar refractivity (Wildman–Crippen MR) is 60.4 cm³/mol. The Hall–Kier alpha value is -0.940. The molecule has 4 bridgehead atoms. The summed E-state index contributed by atoms with van der Waals surface area (Å²) in [5.41, 5.74) is 0. The maximum absolute atomic E-state index is 12.1. The second-order valence-electron chi connectivity index (χ2n) is 5.70. The number of ketones is 1. The normalized spacial score (nSPS) is 41.2. The van der Waals surface area contributed by atoms with E-state index >= 15 is 0 Å². The molecule has 100 valence electrons. The molecule has 0 aromatic rings. The second-order valence-corrected chi connectivity index (χ2v) is 5.70. The van der Waals surface area contributed by atoms with Gasteiger partial charge < -0.3 is 14.6 Å². The van der Waals surface area contributed by atoms with E-state index in [0.717, 1.165) is 25.7 Å². The summed E-state index contributed by atoms with van der Waals surface area (Å²) in [5.74, 6) is 1.06. The molecule has 0 aromatic carbocycles. The van der Waals surface area contributed by atoms with Crippen molar-refractivity contribution in [3.63, 3.8) is 0 Å². The van der Waals surface area contributed by atoms with Crippen LogP contribution in [0.4, 0.5) is 0 Å². The number of rotatable bonds is 4. The highest BCUT2D eigenvalue weighted by atomic mass is 16.7. The Balaban J connectivity index is 1.59. The fraction of sp³-hybridized carbons (Fsp3) is 0.846. The first-order valence-electron chi connectivity index (χ1n) is 6.61. The molecule has 4 rings (SSSR count). The van der Waals surface area contributed by atoms with Crippen molar-refractivity contribution in [3.8, 4) is 0 Å². The van der Waals surface area contributed by atoms with Gasteiger partial charge in [-0.05, 0) is 37.5 Å². The topological polar surface area (TPSA) is 72.8 Å². The highest BCUT2D eigenvalue weighted by molar-refractivity contribution is 5.86. The minimum Gasteiger partial charge on any atom is -0.437 e. The van der Waals surface area contributed by atoms with Crippen molar-refractivity contribution in [2.75, 3.05) is 13.4 Å². The molecule has 0 amide bonds. The number of Topliss-reactive ketones (excluding diaryl/α,β-unsaturated/α-hetero) is 1. The summed E-state index contributed by atoms with van der Waals surface area (Å²) in [4.78, 5) is 22.9. The standard InChI is InChI=1S/C13H18O5/c14-5-11(15)17-6-18-13-9-2-7-1-8(4-9)12(16)10(13)3-7/h7-10,13-14H,1-6H2. The zero-order valence-electron chi connectivity index (χ0n) is 10.2. The third-order valence-corrected chi connectivity index (χ3v) is 4.67. The Morgan fingerprint density at radius 1 is 1.28 bits per heavy atom.